The van der Waals surface area contributed by atoms with Crippen LogP contribution in [0, 0.1) is 0 Å². The molecule has 0 aliphatic rings. The predicted molar refractivity (Wildman–Crippen MR) is 86.7 cm³/mol. The van der Waals surface area contributed by atoms with Gasteiger partial charge in [0, 0.05) is 9.50 Å². The third-order valence-electron chi connectivity index (χ3n) is 2.70. The molecule has 106 valence electrons. The summed E-state index contributed by atoms with van der Waals surface area (Å²) in [6.07, 6.45) is 0.474. The summed E-state index contributed by atoms with van der Waals surface area (Å²) in [5.41, 5.74) is 1.48. The van der Waals surface area contributed by atoms with E-state index in [4.69, 9.17) is 11.6 Å². The Labute approximate surface area is 132 Å². The lowest BCUT2D eigenvalue weighted by Gasteiger charge is -2.10. The highest BCUT2D eigenvalue weighted by atomic mass is 79.9. The molecule has 2 aromatic carbocycles. The SMILES string of the molecule is O=S(=O)(CCc1ccccc1)Nc1ccc(Cl)cc1Br. The molecule has 0 fully saturated rings. The molecule has 0 unspecified atom stereocenters. The van der Waals surface area contributed by atoms with Crippen LogP contribution in [0.1, 0.15) is 5.56 Å². The number of hydrogen-bond acceptors (Lipinski definition) is 2. The Balaban J connectivity index is 2.04. The molecule has 0 aliphatic heterocycles. The molecular weight excluding hydrogens is 362 g/mol. The molecule has 3 nitrogen and oxygen atoms in total. The first kappa shape index (κ1) is 15.4. The molecule has 2 aromatic rings. The average molecular weight is 375 g/mol. The van der Waals surface area contributed by atoms with Crippen LogP contribution < -0.4 is 4.72 Å². The molecule has 1 N–H and O–H groups in total. The summed E-state index contributed by atoms with van der Waals surface area (Å²) in [7, 11) is -3.39. The molecule has 0 saturated heterocycles. The van der Waals surface area contributed by atoms with E-state index in [-0.39, 0.29) is 5.75 Å². The van der Waals surface area contributed by atoms with E-state index in [0.29, 0.717) is 21.6 Å². The molecular formula is C14H13BrClNO2S. The van der Waals surface area contributed by atoms with E-state index in [1.165, 1.54) is 0 Å². The van der Waals surface area contributed by atoms with E-state index < -0.39 is 10.0 Å². The van der Waals surface area contributed by atoms with E-state index in [2.05, 4.69) is 20.7 Å². The number of sulfonamides is 1. The summed E-state index contributed by atoms with van der Waals surface area (Å²) in [6.45, 7) is 0. The maximum absolute atomic E-state index is 12.0. The van der Waals surface area contributed by atoms with Crippen molar-refractivity contribution in [2.24, 2.45) is 0 Å². The lowest BCUT2D eigenvalue weighted by atomic mass is 10.2. The van der Waals surface area contributed by atoms with Crippen LogP contribution in [0.3, 0.4) is 0 Å². The number of nitrogens with one attached hydrogen (secondary N) is 1. The van der Waals surface area contributed by atoms with Gasteiger partial charge in [-0.3, -0.25) is 4.72 Å². The lowest BCUT2D eigenvalue weighted by molar-refractivity contribution is 0.600. The standard InChI is InChI=1S/C14H13BrClNO2S/c15-13-10-12(16)6-7-14(13)17-20(18,19)9-8-11-4-2-1-3-5-11/h1-7,10,17H,8-9H2. The van der Waals surface area contributed by atoms with Crippen molar-refractivity contribution in [2.45, 2.75) is 6.42 Å². The molecule has 0 spiro atoms. The second-order valence-corrected chi connectivity index (χ2v) is 7.41. The zero-order valence-corrected chi connectivity index (χ0v) is 13.7. The van der Waals surface area contributed by atoms with Crippen LogP contribution in [0.25, 0.3) is 0 Å². The van der Waals surface area contributed by atoms with Crippen LogP contribution in [0.2, 0.25) is 5.02 Å². The highest BCUT2D eigenvalue weighted by Gasteiger charge is 2.12. The molecule has 0 atom stereocenters. The number of benzene rings is 2. The van der Waals surface area contributed by atoms with Gasteiger partial charge >= 0.3 is 0 Å². The smallest absolute Gasteiger partial charge is 0.233 e. The van der Waals surface area contributed by atoms with Gasteiger partial charge in [0.25, 0.3) is 0 Å². The first-order chi connectivity index (χ1) is 9.46. The average Bonchev–Trinajstić information content (AvgIpc) is 2.41. The summed E-state index contributed by atoms with van der Waals surface area (Å²) < 4.78 is 27.3. The summed E-state index contributed by atoms with van der Waals surface area (Å²) in [5, 5.41) is 0.545. The van der Waals surface area contributed by atoms with Gasteiger partial charge in [-0.2, -0.15) is 0 Å². The van der Waals surface area contributed by atoms with Gasteiger partial charge in [-0.25, -0.2) is 8.42 Å². The molecule has 0 amide bonds. The van der Waals surface area contributed by atoms with E-state index >= 15 is 0 Å². The van der Waals surface area contributed by atoms with Gasteiger partial charge in [0.05, 0.1) is 11.4 Å². The Morgan fingerprint density at radius 3 is 2.45 bits per heavy atom. The van der Waals surface area contributed by atoms with E-state index in [1.807, 2.05) is 30.3 Å². The van der Waals surface area contributed by atoms with Crippen LogP contribution in [-0.4, -0.2) is 14.2 Å². The number of rotatable bonds is 5. The molecule has 0 bridgehead atoms. The number of anilines is 1. The first-order valence-electron chi connectivity index (χ1n) is 5.96. The monoisotopic (exact) mass is 373 g/mol. The van der Waals surface area contributed by atoms with Crippen LogP contribution in [-0.2, 0) is 16.4 Å². The Morgan fingerprint density at radius 1 is 1.10 bits per heavy atom. The molecule has 2 rings (SSSR count). The van der Waals surface area contributed by atoms with Gasteiger partial charge in [-0.1, -0.05) is 41.9 Å². The van der Waals surface area contributed by atoms with Crippen LogP contribution in [0.5, 0.6) is 0 Å². The number of halogens is 2. The van der Waals surface area contributed by atoms with E-state index in [0.717, 1.165) is 5.56 Å². The topological polar surface area (TPSA) is 46.2 Å². The summed E-state index contributed by atoms with van der Waals surface area (Å²) in [4.78, 5) is 0. The van der Waals surface area contributed by atoms with Crippen LogP contribution in [0.15, 0.2) is 53.0 Å². The third kappa shape index (κ3) is 4.51. The minimum atomic E-state index is -3.39. The second-order valence-electron chi connectivity index (χ2n) is 4.28. The molecule has 0 radical (unpaired) electrons. The largest absolute Gasteiger partial charge is 0.282 e. The van der Waals surface area contributed by atoms with Crippen LogP contribution in [0.4, 0.5) is 5.69 Å². The minimum Gasteiger partial charge on any atom is -0.282 e. The van der Waals surface area contributed by atoms with Gasteiger partial charge in [-0.05, 0) is 46.1 Å². The normalized spacial score (nSPS) is 11.3. The van der Waals surface area contributed by atoms with E-state index in [9.17, 15) is 8.42 Å². The van der Waals surface area contributed by atoms with Gasteiger partial charge in [-0.15, -0.1) is 0 Å². The fourth-order valence-electron chi connectivity index (χ4n) is 1.69. The van der Waals surface area contributed by atoms with Crippen molar-refractivity contribution in [3.63, 3.8) is 0 Å². The van der Waals surface area contributed by atoms with Gasteiger partial charge in [0.15, 0.2) is 0 Å². The summed E-state index contributed by atoms with van der Waals surface area (Å²) in [6, 6.07) is 14.4. The zero-order valence-electron chi connectivity index (χ0n) is 10.5. The second kappa shape index (κ2) is 6.61. The molecule has 0 aliphatic carbocycles. The summed E-state index contributed by atoms with van der Waals surface area (Å²) in [5.74, 6) is 0.0338. The van der Waals surface area contributed by atoms with E-state index in [1.54, 1.807) is 18.2 Å². The summed E-state index contributed by atoms with van der Waals surface area (Å²) >= 11 is 9.11. The van der Waals surface area contributed by atoms with Gasteiger partial charge < -0.3 is 0 Å². The Morgan fingerprint density at radius 2 is 1.80 bits per heavy atom. The van der Waals surface area contributed by atoms with Crippen molar-refractivity contribution in [2.75, 3.05) is 10.5 Å². The Bertz CT molecular complexity index is 690. The van der Waals surface area contributed by atoms with Crippen molar-refractivity contribution in [3.05, 3.63) is 63.6 Å². The molecule has 0 saturated carbocycles. The number of hydrogen-bond donors (Lipinski definition) is 1. The molecule has 0 heterocycles. The van der Waals surface area contributed by atoms with Gasteiger partial charge in [0.2, 0.25) is 10.0 Å². The van der Waals surface area contributed by atoms with Crippen molar-refractivity contribution in [3.8, 4) is 0 Å². The predicted octanol–water partition coefficient (Wildman–Crippen LogP) is 4.09. The first-order valence-corrected chi connectivity index (χ1v) is 8.78. The Hall–Kier alpha value is -1.04. The fraction of sp³-hybridized carbons (Fsp3) is 0.143. The van der Waals surface area contributed by atoms with Crippen molar-refractivity contribution < 1.29 is 8.42 Å². The maximum atomic E-state index is 12.0. The minimum absolute atomic E-state index is 0.0338. The quantitative estimate of drug-likeness (QED) is 0.857. The fourth-order valence-corrected chi connectivity index (χ4v) is 3.72. The highest BCUT2D eigenvalue weighted by Crippen LogP contribution is 2.26. The Kier molecular flexibility index (Phi) is 5.07. The van der Waals surface area contributed by atoms with Crippen LogP contribution >= 0.6 is 27.5 Å². The maximum Gasteiger partial charge on any atom is 0.233 e. The molecule has 20 heavy (non-hydrogen) atoms. The molecule has 6 heteroatoms. The molecule has 0 aromatic heterocycles. The van der Waals surface area contributed by atoms with Gasteiger partial charge in [0.1, 0.15) is 0 Å². The highest BCUT2D eigenvalue weighted by molar-refractivity contribution is 9.10. The number of aryl methyl sites for hydroxylation is 1. The van der Waals surface area contributed by atoms with Crippen molar-refractivity contribution in [1.82, 2.24) is 0 Å². The van der Waals surface area contributed by atoms with Crippen molar-refractivity contribution >= 4 is 43.2 Å². The third-order valence-corrected chi connectivity index (χ3v) is 4.86. The lowest BCUT2D eigenvalue weighted by Crippen LogP contribution is -2.18. The van der Waals surface area contributed by atoms with Crippen molar-refractivity contribution in [1.29, 1.82) is 0 Å². The zero-order chi connectivity index (χ0) is 14.6.